The zero-order chi connectivity index (χ0) is 16.6. The Morgan fingerprint density at radius 1 is 1.13 bits per heavy atom. The van der Waals surface area contributed by atoms with Gasteiger partial charge in [0, 0.05) is 45.6 Å². The zero-order valence-electron chi connectivity index (χ0n) is 14.5. The average Bonchev–Trinajstić information content (AvgIpc) is 2.58. The SMILES string of the molecule is CCNC(=NCCCOCC)NCCCCNc1ccccn1. The molecule has 1 rings (SSSR count). The van der Waals surface area contributed by atoms with Crippen LogP contribution in [0.5, 0.6) is 0 Å². The van der Waals surface area contributed by atoms with Crippen LogP contribution in [0.4, 0.5) is 5.82 Å². The Hall–Kier alpha value is -1.82. The summed E-state index contributed by atoms with van der Waals surface area (Å²) < 4.78 is 5.32. The molecule has 3 N–H and O–H groups in total. The molecule has 0 radical (unpaired) electrons. The van der Waals surface area contributed by atoms with Gasteiger partial charge in [0.1, 0.15) is 5.82 Å². The van der Waals surface area contributed by atoms with Crippen molar-refractivity contribution in [2.75, 3.05) is 44.7 Å². The van der Waals surface area contributed by atoms with Crippen molar-refractivity contribution in [2.24, 2.45) is 4.99 Å². The molecule has 0 aliphatic rings. The predicted octanol–water partition coefficient (Wildman–Crippen LogP) is 2.26. The van der Waals surface area contributed by atoms with E-state index in [9.17, 15) is 0 Å². The fourth-order valence-electron chi connectivity index (χ4n) is 1.98. The number of hydrogen-bond donors (Lipinski definition) is 3. The van der Waals surface area contributed by atoms with Gasteiger partial charge in [-0.15, -0.1) is 0 Å². The minimum absolute atomic E-state index is 0.772. The molecule has 0 spiro atoms. The van der Waals surface area contributed by atoms with Gasteiger partial charge >= 0.3 is 0 Å². The van der Waals surface area contributed by atoms with Gasteiger partial charge < -0.3 is 20.7 Å². The van der Waals surface area contributed by atoms with Crippen molar-refractivity contribution in [2.45, 2.75) is 33.1 Å². The molecule has 0 aliphatic carbocycles. The van der Waals surface area contributed by atoms with Crippen LogP contribution in [0.25, 0.3) is 0 Å². The van der Waals surface area contributed by atoms with Crippen LogP contribution in [-0.2, 0) is 4.74 Å². The minimum atomic E-state index is 0.772. The number of hydrogen-bond acceptors (Lipinski definition) is 4. The molecule has 6 heteroatoms. The van der Waals surface area contributed by atoms with E-state index in [1.807, 2.05) is 25.1 Å². The molecule has 0 amide bonds. The first-order valence-electron chi connectivity index (χ1n) is 8.61. The number of nitrogens with one attached hydrogen (secondary N) is 3. The van der Waals surface area contributed by atoms with Crippen LogP contribution in [0.15, 0.2) is 29.4 Å². The maximum Gasteiger partial charge on any atom is 0.191 e. The van der Waals surface area contributed by atoms with Crippen molar-refractivity contribution in [3.63, 3.8) is 0 Å². The molecule has 0 aromatic carbocycles. The minimum Gasteiger partial charge on any atom is -0.382 e. The first-order chi connectivity index (χ1) is 11.4. The number of nitrogens with zero attached hydrogens (tertiary/aromatic N) is 2. The van der Waals surface area contributed by atoms with Crippen molar-refractivity contribution in [1.29, 1.82) is 0 Å². The van der Waals surface area contributed by atoms with Crippen molar-refractivity contribution in [3.8, 4) is 0 Å². The van der Waals surface area contributed by atoms with Crippen LogP contribution >= 0.6 is 0 Å². The Morgan fingerprint density at radius 2 is 2.00 bits per heavy atom. The molecule has 23 heavy (non-hydrogen) atoms. The van der Waals surface area contributed by atoms with E-state index in [0.29, 0.717) is 0 Å². The van der Waals surface area contributed by atoms with Crippen LogP contribution in [0.1, 0.15) is 33.1 Å². The monoisotopic (exact) mass is 321 g/mol. The number of pyridine rings is 1. The Kier molecular flexibility index (Phi) is 11.5. The van der Waals surface area contributed by atoms with Crippen LogP contribution < -0.4 is 16.0 Å². The Bertz CT molecular complexity index is 411. The number of unbranched alkanes of at least 4 members (excludes halogenated alkanes) is 1. The maximum absolute atomic E-state index is 5.32. The highest BCUT2D eigenvalue weighted by Gasteiger charge is 1.97. The van der Waals surface area contributed by atoms with Gasteiger partial charge in [-0.25, -0.2) is 4.98 Å². The van der Waals surface area contributed by atoms with E-state index in [1.54, 1.807) is 6.20 Å². The number of aromatic nitrogens is 1. The molecule has 0 fully saturated rings. The molecule has 0 aliphatic heterocycles. The lowest BCUT2D eigenvalue weighted by Crippen LogP contribution is -2.38. The van der Waals surface area contributed by atoms with Crippen molar-refractivity contribution >= 4 is 11.8 Å². The maximum atomic E-state index is 5.32. The van der Waals surface area contributed by atoms with Gasteiger partial charge in [-0.3, -0.25) is 4.99 Å². The quantitative estimate of drug-likeness (QED) is 0.313. The first kappa shape index (κ1) is 19.2. The Balaban J connectivity index is 2.08. The molecule has 0 saturated heterocycles. The largest absolute Gasteiger partial charge is 0.382 e. The summed E-state index contributed by atoms with van der Waals surface area (Å²) >= 11 is 0. The summed E-state index contributed by atoms with van der Waals surface area (Å²) in [5, 5.41) is 9.94. The molecule has 130 valence electrons. The molecule has 1 aromatic heterocycles. The second-order valence-electron chi connectivity index (χ2n) is 5.09. The number of anilines is 1. The summed E-state index contributed by atoms with van der Waals surface area (Å²) in [4.78, 5) is 8.78. The molecule has 1 heterocycles. The van der Waals surface area contributed by atoms with E-state index in [4.69, 9.17) is 4.74 Å². The summed E-state index contributed by atoms with van der Waals surface area (Å²) in [6.45, 7) is 9.15. The number of ether oxygens (including phenoxy) is 1. The van der Waals surface area contributed by atoms with E-state index in [1.165, 1.54) is 0 Å². The molecular weight excluding hydrogens is 290 g/mol. The van der Waals surface area contributed by atoms with E-state index >= 15 is 0 Å². The van der Waals surface area contributed by atoms with Crippen LogP contribution in [0.2, 0.25) is 0 Å². The first-order valence-corrected chi connectivity index (χ1v) is 8.61. The highest BCUT2D eigenvalue weighted by Crippen LogP contribution is 2.00. The predicted molar refractivity (Wildman–Crippen MR) is 97.1 cm³/mol. The number of guanidine groups is 1. The van der Waals surface area contributed by atoms with Gasteiger partial charge in [0.2, 0.25) is 0 Å². The number of aliphatic imine (C=N–C) groups is 1. The van der Waals surface area contributed by atoms with E-state index in [0.717, 1.165) is 70.4 Å². The average molecular weight is 321 g/mol. The van der Waals surface area contributed by atoms with Crippen LogP contribution in [-0.4, -0.2) is 50.3 Å². The van der Waals surface area contributed by atoms with Crippen LogP contribution in [0.3, 0.4) is 0 Å². The lowest BCUT2D eigenvalue weighted by Gasteiger charge is -2.11. The standard InChI is InChI=1S/C17H31N5O/c1-3-18-17(22-14-9-15-23-4-2)21-13-8-7-12-20-16-10-5-6-11-19-16/h5-6,10-11H,3-4,7-9,12-15H2,1-2H3,(H,19,20)(H2,18,21,22). The number of rotatable bonds is 12. The van der Waals surface area contributed by atoms with Crippen molar-refractivity contribution in [3.05, 3.63) is 24.4 Å². The van der Waals surface area contributed by atoms with Gasteiger partial charge in [-0.1, -0.05) is 6.07 Å². The third-order valence-corrected chi connectivity index (χ3v) is 3.13. The van der Waals surface area contributed by atoms with E-state index in [2.05, 4.69) is 32.9 Å². The highest BCUT2D eigenvalue weighted by atomic mass is 16.5. The normalized spacial score (nSPS) is 11.3. The van der Waals surface area contributed by atoms with Gasteiger partial charge in [0.15, 0.2) is 5.96 Å². The van der Waals surface area contributed by atoms with Gasteiger partial charge in [0.05, 0.1) is 0 Å². The molecule has 0 atom stereocenters. The molecular formula is C17H31N5O. The second kappa shape index (κ2) is 13.8. The molecule has 0 bridgehead atoms. The second-order valence-corrected chi connectivity index (χ2v) is 5.09. The van der Waals surface area contributed by atoms with Gasteiger partial charge in [-0.05, 0) is 45.2 Å². The molecule has 0 saturated carbocycles. The molecule has 6 nitrogen and oxygen atoms in total. The Labute approximate surface area is 140 Å². The Morgan fingerprint density at radius 3 is 2.74 bits per heavy atom. The smallest absolute Gasteiger partial charge is 0.191 e. The van der Waals surface area contributed by atoms with E-state index in [-0.39, 0.29) is 0 Å². The summed E-state index contributed by atoms with van der Waals surface area (Å²) in [6.07, 6.45) is 4.93. The third kappa shape index (κ3) is 10.5. The molecule has 1 aromatic rings. The summed E-state index contributed by atoms with van der Waals surface area (Å²) in [5.41, 5.74) is 0. The lowest BCUT2D eigenvalue weighted by atomic mass is 10.3. The summed E-state index contributed by atoms with van der Waals surface area (Å²) in [7, 11) is 0. The van der Waals surface area contributed by atoms with Crippen molar-refractivity contribution < 1.29 is 4.74 Å². The van der Waals surface area contributed by atoms with Crippen LogP contribution in [0, 0.1) is 0 Å². The van der Waals surface area contributed by atoms with Crippen molar-refractivity contribution in [1.82, 2.24) is 15.6 Å². The fourth-order valence-corrected chi connectivity index (χ4v) is 1.98. The topological polar surface area (TPSA) is 70.6 Å². The summed E-state index contributed by atoms with van der Waals surface area (Å²) in [5.74, 6) is 1.83. The fraction of sp³-hybridized carbons (Fsp3) is 0.647. The zero-order valence-corrected chi connectivity index (χ0v) is 14.5. The van der Waals surface area contributed by atoms with Gasteiger partial charge in [-0.2, -0.15) is 0 Å². The van der Waals surface area contributed by atoms with E-state index < -0.39 is 0 Å². The van der Waals surface area contributed by atoms with Gasteiger partial charge in [0.25, 0.3) is 0 Å². The lowest BCUT2D eigenvalue weighted by molar-refractivity contribution is 0.146. The molecule has 0 unspecified atom stereocenters. The third-order valence-electron chi connectivity index (χ3n) is 3.13. The highest BCUT2D eigenvalue weighted by molar-refractivity contribution is 5.79. The summed E-state index contributed by atoms with van der Waals surface area (Å²) in [6, 6.07) is 5.89.